The van der Waals surface area contributed by atoms with Gasteiger partial charge in [0.15, 0.2) is 0 Å². The molecule has 4 aromatic carbocycles. The molecular formula is C26H24P+. The fourth-order valence-corrected chi connectivity index (χ4v) is 8.22. The van der Waals surface area contributed by atoms with Gasteiger partial charge in [-0.25, -0.2) is 0 Å². The molecule has 0 saturated carbocycles. The summed E-state index contributed by atoms with van der Waals surface area (Å²) >= 11 is 0. The molecule has 0 amide bonds. The molecule has 4 rings (SSSR count). The quantitative estimate of drug-likeness (QED) is 0.313. The van der Waals surface area contributed by atoms with Crippen LogP contribution in [0.5, 0.6) is 0 Å². The summed E-state index contributed by atoms with van der Waals surface area (Å²) in [6, 6.07) is 37.7. The van der Waals surface area contributed by atoms with E-state index in [1.54, 1.807) is 0 Å². The van der Waals surface area contributed by atoms with Crippen molar-refractivity contribution in [3.05, 3.63) is 115 Å². The minimum atomic E-state index is -1.80. The van der Waals surface area contributed by atoms with E-state index in [4.69, 9.17) is 0 Å². The Morgan fingerprint density at radius 1 is 0.630 bits per heavy atom. The van der Waals surface area contributed by atoms with Crippen LogP contribution in [0.1, 0.15) is 6.92 Å². The fourth-order valence-electron chi connectivity index (χ4n) is 3.91. The van der Waals surface area contributed by atoms with Gasteiger partial charge in [-0.2, -0.15) is 0 Å². The van der Waals surface area contributed by atoms with E-state index >= 15 is 0 Å². The summed E-state index contributed by atoms with van der Waals surface area (Å²) in [7, 11) is -1.80. The Hall–Kier alpha value is -2.69. The highest BCUT2D eigenvalue weighted by atomic mass is 31.2. The van der Waals surface area contributed by atoms with Crippen LogP contribution >= 0.6 is 7.26 Å². The van der Waals surface area contributed by atoms with Crippen LogP contribution in [0.2, 0.25) is 0 Å². The van der Waals surface area contributed by atoms with E-state index in [0.29, 0.717) is 0 Å². The molecule has 0 nitrogen and oxygen atoms in total. The SMILES string of the molecule is CC=CC[P+](c1ccccc1)(c1ccccc1)c1cccc2ccccc12. The highest BCUT2D eigenvalue weighted by Crippen LogP contribution is 2.56. The van der Waals surface area contributed by atoms with Crippen LogP contribution in [0.3, 0.4) is 0 Å². The minimum absolute atomic E-state index is 1.03. The molecule has 0 aliphatic heterocycles. The van der Waals surface area contributed by atoms with E-state index in [-0.39, 0.29) is 0 Å². The van der Waals surface area contributed by atoms with E-state index < -0.39 is 7.26 Å². The molecule has 27 heavy (non-hydrogen) atoms. The highest BCUT2D eigenvalue weighted by Gasteiger charge is 2.45. The summed E-state index contributed by atoms with van der Waals surface area (Å²) in [5, 5.41) is 7.02. The molecule has 0 N–H and O–H groups in total. The molecule has 132 valence electrons. The van der Waals surface area contributed by atoms with Gasteiger partial charge in [0.05, 0.1) is 6.16 Å². The minimum Gasteiger partial charge on any atom is -0.0880 e. The number of fused-ring (bicyclic) bond motifs is 1. The molecule has 0 radical (unpaired) electrons. The maximum Gasteiger partial charge on any atom is 0.116 e. The smallest absolute Gasteiger partial charge is 0.0880 e. The van der Waals surface area contributed by atoms with Gasteiger partial charge >= 0.3 is 0 Å². The van der Waals surface area contributed by atoms with Crippen molar-refractivity contribution < 1.29 is 0 Å². The normalized spacial score (nSPS) is 11.9. The Bertz CT molecular complexity index is 1000. The van der Waals surface area contributed by atoms with Gasteiger partial charge in [-0.3, -0.25) is 0 Å². The van der Waals surface area contributed by atoms with Gasteiger partial charge < -0.3 is 0 Å². The van der Waals surface area contributed by atoms with Gasteiger partial charge in [-0.15, -0.1) is 0 Å². The zero-order valence-electron chi connectivity index (χ0n) is 15.6. The Balaban J connectivity index is 2.12. The third-order valence-corrected chi connectivity index (χ3v) is 9.52. The molecular weight excluding hydrogens is 343 g/mol. The van der Waals surface area contributed by atoms with Crippen molar-refractivity contribution in [3.8, 4) is 0 Å². The molecule has 0 heterocycles. The summed E-state index contributed by atoms with van der Waals surface area (Å²) in [6.07, 6.45) is 5.56. The van der Waals surface area contributed by atoms with Crippen LogP contribution in [0, 0.1) is 0 Å². The molecule has 0 spiro atoms. The lowest BCUT2D eigenvalue weighted by Gasteiger charge is -2.27. The zero-order valence-corrected chi connectivity index (χ0v) is 16.5. The van der Waals surface area contributed by atoms with Crippen LogP contribution in [0.15, 0.2) is 115 Å². The van der Waals surface area contributed by atoms with E-state index in [0.717, 1.165) is 6.16 Å². The van der Waals surface area contributed by atoms with Crippen molar-refractivity contribution in [3.63, 3.8) is 0 Å². The third-order valence-electron chi connectivity index (χ3n) is 5.19. The van der Waals surface area contributed by atoms with Crippen LogP contribution in [-0.4, -0.2) is 6.16 Å². The first kappa shape index (κ1) is 17.7. The van der Waals surface area contributed by atoms with Crippen LogP contribution in [0.25, 0.3) is 10.8 Å². The van der Waals surface area contributed by atoms with E-state index in [1.807, 2.05) is 0 Å². The van der Waals surface area contributed by atoms with Gasteiger partial charge in [0, 0.05) is 5.39 Å². The summed E-state index contributed by atoms with van der Waals surface area (Å²) in [5.74, 6) is 0. The second-order valence-corrected chi connectivity index (χ2v) is 10.2. The Labute approximate surface area is 162 Å². The van der Waals surface area contributed by atoms with E-state index in [1.165, 1.54) is 26.7 Å². The molecule has 0 aliphatic rings. The lowest BCUT2D eigenvalue weighted by atomic mass is 10.1. The molecule has 0 bridgehead atoms. The monoisotopic (exact) mass is 367 g/mol. The maximum absolute atomic E-state index is 2.35. The van der Waals surface area contributed by atoms with Crippen molar-refractivity contribution in [1.29, 1.82) is 0 Å². The predicted octanol–water partition coefficient (Wildman–Crippen LogP) is 5.71. The Morgan fingerprint density at radius 2 is 1.19 bits per heavy atom. The number of benzene rings is 4. The summed E-state index contributed by atoms with van der Waals surface area (Å²) in [4.78, 5) is 0. The molecule has 4 aromatic rings. The van der Waals surface area contributed by atoms with Gasteiger partial charge in [-0.1, -0.05) is 84.9 Å². The molecule has 0 saturated heterocycles. The van der Waals surface area contributed by atoms with E-state index in [9.17, 15) is 0 Å². The standard InChI is InChI=1S/C26H24P/c1-2-3-21-27(23-15-6-4-7-16-23,24-17-8-5-9-18-24)26-20-12-14-22-13-10-11-19-25(22)26/h2-20H,21H2,1H3/q+1. The average Bonchev–Trinajstić information content (AvgIpc) is 2.76. The predicted molar refractivity (Wildman–Crippen MR) is 122 cm³/mol. The lowest BCUT2D eigenvalue weighted by molar-refractivity contribution is 1.61. The largest absolute Gasteiger partial charge is 0.116 e. The highest BCUT2D eigenvalue weighted by molar-refractivity contribution is 7.96. The van der Waals surface area contributed by atoms with Crippen molar-refractivity contribution in [2.75, 3.05) is 6.16 Å². The van der Waals surface area contributed by atoms with Crippen molar-refractivity contribution >= 4 is 33.9 Å². The molecule has 0 atom stereocenters. The van der Waals surface area contributed by atoms with E-state index in [2.05, 4.69) is 122 Å². The van der Waals surface area contributed by atoms with Crippen molar-refractivity contribution in [1.82, 2.24) is 0 Å². The van der Waals surface area contributed by atoms with Crippen molar-refractivity contribution in [2.45, 2.75) is 6.92 Å². The zero-order chi connectivity index (χ0) is 18.5. The van der Waals surface area contributed by atoms with Gasteiger partial charge in [0.1, 0.15) is 23.2 Å². The van der Waals surface area contributed by atoms with Crippen molar-refractivity contribution in [2.24, 2.45) is 0 Å². The maximum atomic E-state index is 2.35. The number of allylic oxidation sites excluding steroid dienone is 2. The number of rotatable bonds is 5. The van der Waals surface area contributed by atoms with Gasteiger partial charge in [0.25, 0.3) is 0 Å². The summed E-state index contributed by atoms with van der Waals surface area (Å²) in [6.45, 7) is 2.12. The molecule has 1 heteroatoms. The number of hydrogen-bond acceptors (Lipinski definition) is 0. The molecule has 0 aliphatic carbocycles. The first-order valence-electron chi connectivity index (χ1n) is 9.45. The second-order valence-electron chi connectivity index (χ2n) is 6.73. The molecule has 0 unspecified atom stereocenters. The molecule has 0 aromatic heterocycles. The van der Waals surface area contributed by atoms with Gasteiger partial charge in [-0.05, 0) is 42.6 Å². The summed E-state index contributed by atoms with van der Waals surface area (Å²) in [5.41, 5.74) is 0. The summed E-state index contributed by atoms with van der Waals surface area (Å²) < 4.78 is 0. The fraction of sp³-hybridized carbons (Fsp3) is 0.0769. The molecule has 0 fully saturated rings. The topological polar surface area (TPSA) is 0 Å². The van der Waals surface area contributed by atoms with Crippen LogP contribution in [-0.2, 0) is 0 Å². The number of hydrogen-bond donors (Lipinski definition) is 0. The third kappa shape index (κ3) is 3.22. The lowest BCUT2D eigenvalue weighted by Crippen LogP contribution is -2.33. The Morgan fingerprint density at radius 3 is 1.81 bits per heavy atom. The first-order valence-corrected chi connectivity index (χ1v) is 11.4. The average molecular weight is 367 g/mol. The van der Waals surface area contributed by atoms with Crippen LogP contribution in [0.4, 0.5) is 0 Å². The first-order chi connectivity index (χ1) is 13.4. The second kappa shape index (κ2) is 7.91. The van der Waals surface area contributed by atoms with Gasteiger partial charge in [0.2, 0.25) is 0 Å². The van der Waals surface area contributed by atoms with Crippen LogP contribution < -0.4 is 15.9 Å². The Kier molecular flexibility index (Phi) is 5.19.